The number of fused-ring (bicyclic) bond motifs is 1. The van der Waals surface area contributed by atoms with Gasteiger partial charge in [-0.15, -0.1) is 0 Å². The largest absolute Gasteiger partial charge is 0.376 e. The van der Waals surface area contributed by atoms with Gasteiger partial charge in [0.1, 0.15) is 0 Å². The molecule has 0 spiro atoms. The van der Waals surface area contributed by atoms with E-state index in [1.54, 1.807) is 0 Å². The monoisotopic (exact) mass is 284 g/mol. The van der Waals surface area contributed by atoms with Crippen molar-refractivity contribution in [2.24, 2.45) is 11.7 Å². The molecule has 2 aromatic rings. The van der Waals surface area contributed by atoms with Crippen molar-refractivity contribution >= 4 is 10.8 Å². The third-order valence-corrected chi connectivity index (χ3v) is 5.14. The summed E-state index contributed by atoms with van der Waals surface area (Å²) in [6, 6.07) is 8.24. The SMILES string of the molecule is COC1(C(N)c2cccc3cnccc23)CCC(C)CC1. The summed E-state index contributed by atoms with van der Waals surface area (Å²) in [5.74, 6) is 0.775. The van der Waals surface area contributed by atoms with Crippen LogP contribution in [-0.4, -0.2) is 17.7 Å². The van der Waals surface area contributed by atoms with Gasteiger partial charge in [0, 0.05) is 24.9 Å². The van der Waals surface area contributed by atoms with Crippen LogP contribution in [0.5, 0.6) is 0 Å². The van der Waals surface area contributed by atoms with Gasteiger partial charge in [0.25, 0.3) is 0 Å². The topological polar surface area (TPSA) is 48.1 Å². The Morgan fingerprint density at radius 3 is 2.76 bits per heavy atom. The van der Waals surface area contributed by atoms with E-state index in [1.165, 1.54) is 23.8 Å². The van der Waals surface area contributed by atoms with Gasteiger partial charge < -0.3 is 10.5 Å². The number of ether oxygens (including phenoxy) is 1. The van der Waals surface area contributed by atoms with Crippen molar-refractivity contribution < 1.29 is 4.74 Å². The molecule has 0 amide bonds. The van der Waals surface area contributed by atoms with Crippen LogP contribution in [0.3, 0.4) is 0 Å². The van der Waals surface area contributed by atoms with E-state index in [4.69, 9.17) is 10.5 Å². The molecule has 1 unspecified atom stereocenters. The molecule has 3 heteroatoms. The van der Waals surface area contributed by atoms with Crippen LogP contribution in [0.1, 0.15) is 44.2 Å². The molecule has 3 rings (SSSR count). The van der Waals surface area contributed by atoms with Gasteiger partial charge >= 0.3 is 0 Å². The van der Waals surface area contributed by atoms with Crippen LogP contribution in [0.15, 0.2) is 36.7 Å². The Bertz CT molecular complexity index is 612. The average molecular weight is 284 g/mol. The number of hydrogen-bond donors (Lipinski definition) is 1. The van der Waals surface area contributed by atoms with Crippen molar-refractivity contribution in [3.63, 3.8) is 0 Å². The average Bonchev–Trinajstić information content (AvgIpc) is 2.55. The van der Waals surface area contributed by atoms with Crippen LogP contribution in [-0.2, 0) is 4.74 Å². The first-order valence-electron chi connectivity index (χ1n) is 7.80. The molecule has 2 N–H and O–H groups in total. The Kier molecular flexibility index (Phi) is 3.96. The van der Waals surface area contributed by atoms with E-state index in [0.717, 1.165) is 24.1 Å². The Balaban J connectivity index is 2.01. The Hall–Kier alpha value is -1.45. The number of hydrogen-bond acceptors (Lipinski definition) is 3. The summed E-state index contributed by atoms with van der Waals surface area (Å²) >= 11 is 0. The lowest BCUT2D eigenvalue weighted by Gasteiger charge is -2.43. The molecular weight excluding hydrogens is 260 g/mol. The predicted octanol–water partition coefficient (Wildman–Crippen LogP) is 3.83. The number of benzene rings is 1. The molecule has 1 aliphatic rings. The van der Waals surface area contributed by atoms with Crippen LogP contribution in [0.25, 0.3) is 10.8 Å². The summed E-state index contributed by atoms with van der Waals surface area (Å²) in [5.41, 5.74) is 7.62. The lowest BCUT2D eigenvalue weighted by molar-refractivity contribution is -0.0669. The lowest BCUT2D eigenvalue weighted by atomic mass is 9.73. The third kappa shape index (κ3) is 2.56. The highest BCUT2D eigenvalue weighted by molar-refractivity contribution is 5.85. The molecule has 1 aliphatic carbocycles. The first kappa shape index (κ1) is 14.5. The molecule has 0 aliphatic heterocycles. The molecule has 1 heterocycles. The van der Waals surface area contributed by atoms with Crippen molar-refractivity contribution in [1.82, 2.24) is 4.98 Å². The molecule has 0 radical (unpaired) electrons. The second-order valence-electron chi connectivity index (χ2n) is 6.37. The van der Waals surface area contributed by atoms with Gasteiger partial charge in [-0.25, -0.2) is 0 Å². The maximum atomic E-state index is 6.68. The van der Waals surface area contributed by atoms with Gasteiger partial charge in [-0.2, -0.15) is 0 Å². The fourth-order valence-electron chi connectivity index (χ4n) is 3.60. The smallest absolute Gasteiger partial charge is 0.0870 e. The van der Waals surface area contributed by atoms with Gasteiger partial charge in [0.2, 0.25) is 0 Å². The maximum Gasteiger partial charge on any atom is 0.0870 e. The van der Waals surface area contributed by atoms with E-state index in [1.807, 2.05) is 19.5 Å². The van der Waals surface area contributed by atoms with E-state index < -0.39 is 0 Å². The summed E-state index contributed by atoms with van der Waals surface area (Å²) in [4.78, 5) is 4.20. The Morgan fingerprint density at radius 2 is 2.05 bits per heavy atom. The second-order valence-corrected chi connectivity index (χ2v) is 6.37. The van der Waals surface area contributed by atoms with E-state index >= 15 is 0 Å². The summed E-state index contributed by atoms with van der Waals surface area (Å²) < 4.78 is 5.95. The van der Waals surface area contributed by atoms with Crippen molar-refractivity contribution in [3.05, 3.63) is 42.2 Å². The van der Waals surface area contributed by atoms with Crippen LogP contribution >= 0.6 is 0 Å². The van der Waals surface area contributed by atoms with Crippen molar-refractivity contribution in [2.75, 3.05) is 7.11 Å². The first-order valence-corrected chi connectivity index (χ1v) is 7.80. The zero-order chi connectivity index (χ0) is 14.9. The minimum absolute atomic E-state index is 0.0962. The Labute approximate surface area is 126 Å². The summed E-state index contributed by atoms with van der Waals surface area (Å²) in [7, 11) is 1.81. The molecule has 1 atom stereocenters. The van der Waals surface area contributed by atoms with Gasteiger partial charge in [0.05, 0.1) is 11.6 Å². The lowest BCUT2D eigenvalue weighted by Crippen LogP contribution is -2.45. The number of methoxy groups -OCH3 is 1. The molecule has 1 aromatic carbocycles. The molecule has 21 heavy (non-hydrogen) atoms. The van der Waals surface area contributed by atoms with Crippen molar-refractivity contribution in [2.45, 2.75) is 44.2 Å². The number of nitrogens with zero attached hydrogens (tertiary/aromatic N) is 1. The van der Waals surface area contributed by atoms with Gasteiger partial charge in [0.15, 0.2) is 0 Å². The molecule has 1 saturated carbocycles. The highest BCUT2D eigenvalue weighted by Crippen LogP contribution is 2.42. The van der Waals surface area contributed by atoms with Crippen LogP contribution in [0.2, 0.25) is 0 Å². The van der Waals surface area contributed by atoms with Crippen molar-refractivity contribution in [3.8, 4) is 0 Å². The number of aromatic nitrogens is 1. The molecule has 0 bridgehead atoms. The third-order valence-electron chi connectivity index (χ3n) is 5.14. The number of rotatable bonds is 3. The molecule has 3 nitrogen and oxygen atoms in total. The highest BCUT2D eigenvalue weighted by atomic mass is 16.5. The zero-order valence-electron chi connectivity index (χ0n) is 12.9. The molecule has 112 valence electrons. The van der Waals surface area contributed by atoms with E-state index in [2.05, 4.69) is 36.2 Å². The maximum absolute atomic E-state index is 6.68. The quantitative estimate of drug-likeness (QED) is 0.931. The predicted molar refractivity (Wildman–Crippen MR) is 86.0 cm³/mol. The van der Waals surface area contributed by atoms with E-state index in [0.29, 0.717) is 0 Å². The van der Waals surface area contributed by atoms with E-state index in [9.17, 15) is 0 Å². The van der Waals surface area contributed by atoms with Crippen molar-refractivity contribution in [1.29, 1.82) is 0 Å². The number of nitrogens with two attached hydrogens (primary N) is 1. The Morgan fingerprint density at radius 1 is 1.29 bits per heavy atom. The standard InChI is InChI=1S/C18H24N2O/c1-13-6-9-18(21-2,10-7-13)17(19)16-5-3-4-14-12-20-11-8-15(14)16/h3-5,8,11-13,17H,6-7,9-10,19H2,1-2H3. The summed E-state index contributed by atoms with van der Waals surface area (Å²) in [6.45, 7) is 2.31. The minimum atomic E-state index is -0.232. The minimum Gasteiger partial charge on any atom is -0.376 e. The summed E-state index contributed by atoms with van der Waals surface area (Å²) in [6.07, 6.45) is 8.18. The molecule has 1 aromatic heterocycles. The highest BCUT2D eigenvalue weighted by Gasteiger charge is 2.40. The van der Waals surface area contributed by atoms with Gasteiger partial charge in [-0.05, 0) is 48.6 Å². The van der Waals surface area contributed by atoms with Gasteiger partial charge in [-0.3, -0.25) is 4.98 Å². The van der Waals surface area contributed by atoms with Crippen LogP contribution < -0.4 is 5.73 Å². The van der Waals surface area contributed by atoms with Crippen LogP contribution in [0, 0.1) is 5.92 Å². The zero-order valence-corrected chi connectivity index (χ0v) is 12.9. The first-order chi connectivity index (χ1) is 10.2. The molecular formula is C18H24N2O. The van der Waals surface area contributed by atoms with Crippen LogP contribution in [0.4, 0.5) is 0 Å². The number of pyridine rings is 1. The fourth-order valence-corrected chi connectivity index (χ4v) is 3.60. The fraction of sp³-hybridized carbons (Fsp3) is 0.500. The summed E-state index contributed by atoms with van der Waals surface area (Å²) in [5, 5.41) is 2.33. The normalized spacial score (nSPS) is 27.7. The van der Waals surface area contributed by atoms with Gasteiger partial charge in [-0.1, -0.05) is 25.1 Å². The molecule has 0 saturated heterocycles. The van der Waals surface area contributed by atoms with E-state index in [-0.39, 0.29) is 11.6 Å². The molecule has 1 fully saturated rings. The second kappa shape index (κ2) is 5.74.